The quantitative estimate of drug-likeness (QED) is 0.858. The van der Waals surface area contributed by atoms with Crippen LogP contribution in [0.5, 0.6) is 0 Å². The number of aromatic nitrogens is 3. The van der Waals surface area contributed by atoms with Gasteiger partial charge in [-0.3, -0.25) is 4.79 Å². The Morgan fingerprint density at radius 1 is 1.36 bits per heavy atom. The molecule has 1 saturated carbocycles. The highest BCUT2D eigenvalue weighted by Crippen LogP contribution is 2.28. The molecule has 8 heteroatoms. The number of rotatable bonds is 6. The number of hydrogen-bond acceptors (Lipinski definition) is 7. The Morgan fingerprint density at radius 3 is 2.72 bits per heavy atom. The highest BCUT2D eigenvalue weighted by molar-refractivity contribution is 5.78. The summed E-state index contributed by atoms with van der Waals surface area (Å²) in [5.41, 5.74) is 0. The van der Waals surface area contributed by atoms with Crippen LogP contribution < -0.4 is 5.32 Å². The zero-order valence-electron chi connectivity index (χ0n) is 14.9. The number of amides is 1. The van der Waals surface area contributed by atoms with E-state index in [0.717, 1.165) is 25.7 Å². The van der Waals surface area contributed by atoms with Crippen LogP contribution >= 0.6 is 0 Å². The van der Waals surface area contributed by atoms with Crippen LogP contribution in [-0.4, -0.2) is 39.0 Å². The van der Waals surface area contributed by atoms with Crippen molar-refractivity contribution in [3.8, 4) is 0 Å². The number of carbonyl (C=O) groups excluding carboxylic acids is 1. The van der Waals surface area contributed by atoms with Gasteiger partial charge in [-0.25, -0.2) is 4.98 Å². The Kier molecular flexibility index (Phi) is 5.35. The second-order valence-corrected chi connectivity index (χ2v) is 6.93. The van der Waals surface area contributed by atoms with Gasteiger partial charge in [0.15, 0.2) is 5.82 Å². The molecule has 2 heterocycles. The highest BCUT2D eigenvalue weighted by Gasteiger charge is 2.29. The van der Waals surface area contributed by atoms with E-state index in [1.807, 2.05) is 13.8 Å². The molecule has 2 aromatic rings. The van der Waals surface area contributed by atoms with E-state index < -0.39 is 0 Å². The first-order valence-electron chi connectivity index (χ1n) is 8.76. The second-order valence-electron chi connectivity index (χ2n) is 6.93. The van der Waals surface area contributed by atoms with E-state index in [-0.39, 0.29) is 17.7 Å². The fraction of sp³-hybridized carbons (Fsp3) is 0.647. The molecule has 0 aromatic carbocycles. The van der Waals surface area contributed by atoms with Crippen LogP contribution in [0.1, 0.15) is 57.2 Å². The van der Waals surface area contributed by atoms with Crippen molar-refractivity contribution in [1.82, 2.24) is 20.0 Å². The van der Waals surface area contributed by atoms with E-state index in [1.54, 1.807) is 24.4 Å². The summed E-state index contributed by atoms with van der Waals surface area (Å²) in [6.45, 7) is 4.37. The Hall–Kier alpha value is -2.38. The smallest absolute Gasteiger partial charge is 0.294 e. The number of nitrogens with zero attached hydrogens (tertiary/aromatic N) is 4. The van der Waals surface area contributed by atoms with Gasteiger partial charge in [-0.2, -0.15) is 4.98 Å². The lowest BCUT2D eigenvalue weighted by Gasteiger charge is -2.30. The highest BCUT2D eigenvalue weighted by atomic mass is 16.5. The molecule has 8 nitrogen and oxygen atoms in total. The average Bonchev–Trinajstić information content (AvgIpc) is 3.27. The molecule has 1 fully saturated rings. The Bertz CT molecular complexity index is 674. The van der Waals surface area contributed by atoms with E-state index >= 15 is 0 Å². The van der Waals surface area contributed by atoms with Gasteiger partial charge in [0, 0.05) is 24.9 Å². The number of carbonyl (C=O) groups is 1. The lowest BCUT2D eigenvalue weighted by atomic mass is 9.85. The van der Waals surface area contributed by atoms with Crippen molar-refractivity contribution in [3.05, 3.63) is 24.2 Å². The van der Waals surface area contributed by atoms with Crippen LogP contribution in [0.15, 0.2) is 21.4 Å². The first-order valence-corrected chi connectivity index (χ1v) is 8.76. The predicted octanol–water partition coefficient (Wildman–Crippen LogP) is 2.81. The molecule has 0 spiro atoms. The van der Waals surface area contributed by atoms with Crippen molar-refractivity contribution >= 4 is 11.9 Å². The molecular formula is C17H25N5O3. The van der Waals surface area contributed by atoms with Crippen LogP contribution in [-0.2, 0) is 11.3 Å². The molecular weight excluding hydrogens is 322 g/mol. The summed E-state index contributed by atoms with van der Waals surface area (Å²) >= 11 is 0. The first kappa shape index (κ1) is 17.4. The maximum Gasteiger partial charge on any atom is 0.294 e. The third kappa shape index (κ3) is 4.37. The van der Waals surface area contributed by atoms with E-state index in [0.29, 0.717) is 30.3 Å². The molecule has 1 N–H and O–H groups in total. The van der Waals surface area contributed by atoms with Gasteiger partial charge in [0.05, 0.1) is 12.7 Å². The Morgan fingerprint density at radius 2 is 2.12 bits per heavy atom. The lowest BCUT2D eigenvalue weighted by Crippen LogP contribution is -2.37. The van der Waals surface area contributed by atoms with E-state index in [2.05, 4.69) is 20.4 Å². The summed E-state index contributed by atoms with van der Waals surface area (Å²) in [4.78, 5) is 22.7. The van der Waals surface area contributed by atoms with Gasteiger partial charge >= 0.3 is 0 Å². The molecule has 0 atom stereocenters. The summed E-state index contributed by atoms with van der Waals surface area (Å²) < 4.78 is 10.4. The second kappa shape index (κ2) is 7.67. The molecule has 0 radical (unpaired) electrons. The van der Waals surface area contributed by atoms with Gasteiger partial charge in [0.2, 0.25) is 11.8 Å². The van der Waals surface area contributed by atoms with E-state index in [1.165, 1.54) is 0 Å². The van der Waals surface area contributed by atoms with Gasteiger partial charge in [-0.1, -0.05) is 19.0 Å². The fourth-order valence-corrected chi connectivity index (χ4v) is 3.11. The van der Waals surface area contributed by atoms with Crippen molar-refractivity contribution < 1.29 is 13.7 Å². The molecule has 2 aromatic heterocycles. The molecule has 0 unspecified atom stereocenters. The van der Waals surface area contributed by atoms with Crippen molar-refractivity contribution in [2.75, 3.05) is 12.4 Å². The van der Waals surface area contributed by atoms with Crippen LogP contribution in [0.25, 0.3) is 0 Å². The maximum absolute atomic E-state index is 12.7. The third-order valence-electron chi connectivity index (χ3n) is 4.59. The van der Waals surface area contributed by atoms with Crippen molar-refractivity contribution in [1.29, 1.82) is 0 Å². The minimum Gasteiger partial charge on any atom is -0.432 e. The molecule has 1 amide bonds. The molecule has 136 valence electrons. The minimum atomic E-state index is 0.0418. The largest absolute Gasteiger partial charge is 0.432 e. The summed E-state index contributed by atoms with van der Waals surface area (Å²) in [7, 11) is 1.79. The summed E-state index contributed by atoms with van der Waals surface area (Å²) in [6.07, 6.45) is 6.71. The molecule has 25 heavy (non-hydrogen) atoms. The fourth-order valence-electron chi connectivity index (χ4n) is 3.11. The minimum absolute atomic E-state index is 0.0418. The number of hydrogen-bond donors (Lipinski definition) is 1. The van der Waals surface area contributed by atoms with Crippen molar-refractivity contribution in [3.63, 3.8) is 0 Å². The molecule has 0 aliphatic heterocycles. The number of oxazole rings is 1. The third-order valence-corrected chi connectivity index (χ3v) is 4.59. The molecule has 3 rings (SSSR count). The average molecular weight is 347 g/mol. The monoisotopic (exact) mass is 347 g/mol. The standard InChI is InChI=1S/C17H25N5O3/c1-11(2)15-20-14(25-21-15)10-22(3)16(23)12-4-6-13(7-5-12)19-17-18-8-9-24-17/h8-9,11-13H,4-7,10H2,1-3H3,(H,18,19). The summed E-state index contributed by atoms with van der Waals surface area (Å²) in [6, 6.07) is 0.849. The lowest BCUT2D eigenvalue weighted by molar-refractivity contribution is -0.136. The maximum atomic E-state index is 12.7. The van der Waals surface area contributed by atoms with E-state index in [4.69, 9.17) is 8.94 Å². The van der Waals surface area contributed by atoms with E-state index in [9.17, 15) is 4.79 Å². The molecule has 1 aliphatic rings. The molecule has 1 aliphatic carbocycles. The van der Waals surface area contributed by atoms with Gasteiger partial charge in [-0.05, 0) is 25.7 Å². The van der Waals surface area contributed by atoms with Gasteiger partial charge < -0.3 is 19.2 Å². The van der Waals surface area contributed by atoms with Crippen LogP contribution in [0.3, 0.4) is 0 Å². The molecule has 0 saturated heterocycles. The Labute approximate surface area is 147 Å². The van der Waals surface area contributed by atoms with Crippen LogP contribution in [0.2, 0.25) is 0 Å². The SMILES string of the molecule is CC(C)c1noc(CN(C)C(=O)C2CCC(Nc3ncco3)CC2)n1. The van der Waals surface area contributed by atoms with Gasteiger partial charge in [0.25, 0.3) is 6.01 Å². The number of anilines is 1. The van der Waals surface area contributed by atoms with Gasteiger partial charge in [0.1, 0.15) is 6.26 Å². The Balaban J connectivity index is 1.47. The summed E-state index contributed by atoms with van der Waals surface area (Å²) in [5, 5.41) is 7.21. The summed E-state index contributed by atoms with van der Waals surface area (Å²) in [5.74, 6) is 1.55. The zero-order chi connectivity index (χ0) is 17.8. The molecule has 0 bridgehead atoms. The van der Waals surface area contributed by atoms with Crippen LogP contribution in [0.4, 0.5) is 6.01 Å². The van der Waals surface area contributed by atoms with Crippen LogP contribution in [0, 0.1) is 5.92 Å². The predicted molar refractivity (Wildman–Crippen MR) is 90.7 cm³/mol. The zero-order valence-corrected chi connectivity index (χ0v) is 14.9. The van der Waals surface area contributed by atoms with Crippen molar-refractivity contribution in [2.24, 2.45) is 5.92 Å². The normalized spacial score (nSPS) is 20.6. The number of nitrogens with one attached hydrogen (secondary N) is 1. The van der Waals surface area contributed by atoms with Gasteiger partial charge in [-0.15, -0.1) is 0 Å². The first-order chi connectivity index (χ1) is 12.0. The topological polar surface area (TPSA) is 97.3 Å². The van der Waals surface area contributed by atoms with Crippen molar-refractivity contribution in [2.45, 2.75) is 58.0 Å².